The maximum Gasteiger partial charge on any atom is 0.248 e. The van der Waals surface area contributed by atoms with Gasteiger partial charge in [-0.1, -0.05) is 0 Å². The van der Waals surface area contributed by atoms with E-state index in [1.807, 2.05) is 5.43 Å². The van der Waals surface area contributed by atoms with E-state index >= 15 is 0 Å². The summed E-state index contributed by atoms with van der Waals surface area (Å²) in [5, 5.41) is 0. The van der Waals surface area contributed by atoms with Crippen LogP contribution in [0.2, 0.25) is 0 Å². The van der Waals surface area contributed by atoms with Crippen molar-refractivity contribution in [1.82, 2.24) is 10.3 Å². The molecule has 0 saturated heterocycles. The van der Waals surface area contributed by atoms with Gasteiger partial charge in [-0.05, 0) is 14.1 Å². The molecule has 56 valence electrons. The van der Waals surface area contributed by atoms with Crippen LogP contribution in [0.3, 0.4) is 0 Å². The third-order valence-corrected chi connectivity index (χ3v) is 0.621. The van der Waals surface area contributed by atoms with Gasteiger partial charge in [0.05, 0.1) is 6.54 Å². The first-order valence-electron chi connectivity index (χ1n) is 2.31. The molecule has 0 unspecified atom stereocenters. The number of rotatable bonds is 2. The first-order valence-corrected chi connectivity index (χ1v) is 2.31. The van der Waals surface area contributed by atoms with E-state index in [1.165, 1.54) is 0 Å². The van der Waals surface area contributed by atoms with E-state index in [9.17, 15) is 4.79 Å². The molecule has 0 aromatic carbocycles. The second-order valence-electron chi connectivity index (χ2n) is 1.81. The molecular weight excluding hydrogens is 142 g/mol. The van der Waals surface area contributed by atoms with Gasteiger partial charge in [0.25, 0.3) is 0 Å². The van der Waals surface area contributed by atoms with Gasteiger partial charge in [0.15, 0.2) is 0 Å². The Morgan fingerprint density at radius 2 is 2.11 bits per heavy atom. The van der Waals surface area contributed by atoms with Gasteiger partial charge in [0.1, 0.15) is 0 Å². The molecule has 0 aromatic rings. The molecule has 0 heterocycles. The Hall–Kier alpha value is -0.320. The first kappa shape index (κ1) is 11.5. The van der Waals surface area contributed by atoms with Crippen molar-refractivity contribution in [2.45, 2.75) is 0 Å². The highest BCUT2D eigenvalue weighted by molar-refractivity contribution is 5.85. The van der Waals surface area contributed by atoms with E-state index in [0.29, 0.717) is 6.54 Å². The van der Waals surface area contributed by atoms with E-state index in [1.54, 1.807) is 19.0 Å². The highest BCUT2D eigenvalue weighted by Gasteiger charge is 1.96. The lowest BCUT2D eigenvalue weighted by Gasteiger charge is -2.05. The van der Waals surface area contributed by atoms with Gasteiger partial charge >= 0.3 is 0 Å². The van der Waals surface area contributed by atoms with Crippen LogP contribution in [-0.2, 0) is 4.79 Å². The van der Waals surface area contributed by atoms with E-state index < -0.39 is 0 Å². The number of likely N-dealkylation sites (N-methyl/N-ethyl adjacent to an activating group) is 1. The number of hydrogen-bond acceptors (Lipinski definition) is 3. The molecule has 0 aliphatic rings. The molecule has 9 heavy (non-hydrogen) atoms. The minimum Gasteiger partial charge on any atom is -0.301 e. The van der Waals surface area contributed by atoms with Crippen LogP contribution < -0.4 is 11.3 Å². The maximum atomic E-state index is 10.3. The lowest BCUT2D eigenvalue weighted by Crippen LogP contribution is -2.37. The average molecular weight is 154 g/mol. The number of nitrogens with two attached hydrogens (primary N) is 1. The van der Waals surface area contributed by atoms with E-state index in [-0.39, 0.29) is 18.3 Å². The number of hydrogen-bond donors (Lipinski definition) is 2. The van der Waals surface area contributed by atoms with Crippen LogP contribution in [0.5, 0.6) is 0 Å². The van der Waals surface area contributed by atoms with E-state index in [4.69, 9.17) is 5.84 Å². The quantitative estimate of drug-likeness (QED) is 0.303. The molecule has 0 bridgehead atoms. The second kappa shape index (κ2) is 5.81. The number of hydrazine groups is 1. The summed E-state index contributed by atoms with van der Waals surface area (Å²) < 4.78 is 0. The zero-order valence-corrected chi connectivity index (χ0v) is 6.36. The summed E-state index contributed by atoms with van der Waals surface area (Å²) in [4.78, 5) is 12.1. The van der Waals surface area contributed by atoms with Crippen LogP contribution in [-0.4, -0.2) is 31.4 Å². The van der Waals surface area contributed by atoms with Gasteiger partial charge in [-0.3, -0.25) is 10.2 Å². The van der Waals surface area contributed by atoms with Crippen molar-refractivity contribution >= 4 is 18.3 Å². The molecule has 4 nitrogen and oxygen atoms in total. The summed E-state index contributed by atoms with van der Waals surface area (Å²) in [7, 11) is 3.60. The zero-order chi connectivity index (χ0) is 6.57. The lowest BCUT2D eigenvalue weighted by molar-refractivity contribution is -0.121. The molecule has 3 N–H and O–H groups in total. The van der Waals surface area contributed by atoms with Crippen LogP contribution in [0.15, 0.2) is 0 Å². The van der Waals surface area contributed by atoms with Crippen LogP contribution in [0.4, 0.5) is 0 Å². The minimum atomic E-state index is -0.171. The summed E-state index contributed by atoms with van der Waals surface area (Å²) in [6.45, 7) is 0.344. The van der Waals surface area contributed by atoms with Gasteiger partial charge in [-0.2, -0.15) is 0 Å². The molecule has 0 atom stereocenters. The van der Waals surface area contributed by atoms with E-state index in [2.05, 4.69) is 0 Å². The Kier molecular flexibility index (Phi) is 7.41. The fourth-order valence-electron chi connectivity index (χ4n) is 0.333. The summed E-state index contributed by atoms with van der Waals surface area (Å²) in [6.07, 6.45) is 0. The minimum absolute atomic E-state index is 0. The zero-order valence-electron chi connectivity index (χ0n) is 5.55. The van der Waals surface area contributed by atoms with Crippen molar-refractivity contribution in [3.8, 4) is 0 Å². The van der Waals surface area contributed by atoms with Gasteiger partial charge in [0, 0.05) is 0 Å². The van der Waals surface area contributed by atoms with Crippen LogP contribution >= 0.6 is 12.4 Å². The highest BCUT2D eigenvalue weighted by atomic mass is 35.5. The van der Waals surface area contributed by atoms with Crippen molar-refractivity contribution in [2.75, 3.05) is 20.6 Å². The Morgan fingerprint density at radius 3 is 2.22 bits per heavy atom. The Bertz CT molecular complexity index is 85.9. The molecule has 5 heteroatoms. The molecule has 1 amide bonds. The summed E-state index contributed by atoms with van der Waals surface area (Å²) >= 11 is 0. The van der Waals surface area contributed by atoms with Gasteiger partial charge in [-0.15, -0.1) is 12.4 Å². The van der Waals surface area contributed by atoms with Gasteiger partial charge in [-0.25, -0.2) is 5.84 Å². The average Bonchev–Trinajstić information content (AvgIpc) is 1.65. The van der Waals surface area contributed by atoms with Crippen molar-refractivity contribution in [2.24, 2.45) is 5.84 Å². The van der Waals surface area contributed by atoms with Crippen molar-refractivity contribution in [3.63, 3.8) is 0 Å². The number of nitrogens with one attached hydrogen (secondary N) is 1. The number of amides is 1. The van der Waals surface area contributed by atoms with Crippen LogP contribution in [0, 0.1) is 0 Å². The SMILES string of the molecule is CN(C)CC(=O)NN.Cl. The molecule has 0 radical (unpaired) electrons. The molecule has 0 aliphatic carbocycles. The standard InChI is InChI=1S/C4H11N3O.ClH/c1-7(2)3-4(8)6-5;/h3,5H2,1-2H3,(H,6,8);1H. The molecule has 0 rings (SSSR count). The monoisotopic (exact) mass is 153 g/mol. The number of carbonyl (C=O) groups excluding carboxylic acids is 1. The third kappa shape index (κ3) is 7.68. The number of nitrogens with zero attached hydrogens (tertiary/aromatic N) is 1. The predicted octanol–water partition coefficient (Wildman–Crippen LogP) is -1.04. The van der Waals surface area contributed by atoms with Crippen molar-refractivity contribution in [1.29, 1.82) is 0 Å². The van der Waals surface area contributed by atoms with Crippen molar-refractivity contribution in [3.05, 3.63) is 0 Å². The maximum absolute atomic E-state index is 10.3. The fraction of sp³-hybridized carbons (Fsp3) is 0.750. The molecular formula is C4H12ClN3O. The van der Waals surface area contributed by atoms with E-state index in [0.717, 1.165) is 0 Å². The smallest absolute Gasteiger partial charge is 0.248 e. The number of carbonyl (C=O) groups is 1. The Labute approximate surface area is 60.8 Å². The molecule has 0 fully saturated rings. The molecule has 0 aliphatic heterocycles. The van der Waals surface area contributed by atoms with Crippen LogP contribution in [0.25, 0.3) is 0 Å². The summed E-state index contributed by atoms with van der Waals surface area (Å²) in [5.74, 6) is 4.62. The molecule has 0 spiro atoms. The third-order valence-electron chi connectivity index (χ3n) is 0.621. The van der Waals surface area contributed by atoms with Crippen LogP contribution in [0.1, 0.15) is 0 Å². The lowest BCUT2D eigenvalue weighted by atomic mass is 10.6. The largest absolute Gasteiger partial charge is 0.301 e. The predicted molar refractivity (Wildman–Crippen MR) is 38.1 cm³/mol. The summed E-state index contributed by atoms with van der Waals surface area (Å²) in [5.41, 5.74) is 2.02. The van der Waals surface area contributed by atoms with Gasteiger partial charge in [0.2, 0.25) is 5.91 Å². The van der Waals surface area contributed by atoms with Crippen molar-refractivity contribution < 1.29 is 4.79 Å². The molecule has 0 aromatic heterocycles. The number of halogens is 1. The molecule has 0 saturated carbocycles. The first-order chi connectivity index (χ1) is 3.66. The normalized spacial score (nSPS) is 8.44. The fourth-order valence-corrected chi connectivity index (χ4v) is 0.333. The Balaban J connectivity index is 0. The highest BCUT2D eigenvalue weighted by Crippen LogP contribution is 1.69. The second-order valence-corrected chi connectivity index (χ2v) is 1.81. The summed E-state index contributed by atoms with van der Waals surface area (Å²) in [6, 6.07) is 0. The Morgan fingerprint density at radius 1 is 1.67 bits per heavy atom. The topological polar surface area (TPSA) is 58.4 Å². The van der Waals surface area contributed by atoms with Gasteiger partial charge < -0.3 is 4.90 Å².